The standard InChI is InChI=1S/C20H28N4O3.2C2HF3O2/c1-16(25)24-13-19(26)23(18-3-2-7-21-11-18)15-20(24)6-8-22(14-20)12-17-4-9-27-10-5-17;2*3-2(4,5)1(6)7/h2-3,7,11,17H,4-6,8-10,12-15H2,1H3;2*(H,6,7). The van der Waals surface area contributed by atoms with E-state index in [0.717, 1.165) is 57.8 Å². The number of halogens is 6. The smallest absolute Gasteiger partial charge is 0.475 e. The molecule has 0 radical (unpaired) electrons. The van der Waals surface area contributed by atoms with E-state index in [1.807, 2.05) is 21.9 Å². The van der Waals surface area contributed by atoms with Crippen LogP contribution in [-0.2, 0) is 23.9 Å². The van der Waals surface area contributed by atoms with Gasteiger partial charge in [0.1, 0.15) is 6.54 Å². The number of alkyl halides is 6. The zero-order valence-corrected chi connectivity index (χ0v) is 22.0. The van der Waals surface area contributed by atoms with E-state index in [1.54, 1.807) is 19.3 Å². The number of anilines is 1. The van der Waals surface area contributed by atoms with Crippen LogP contribution in [0.15, 0.2) is 24.5 Å². The van der Waals surface area contributed by atoms with Crippen LogP contribution in [0, 0.1) is 5.92 Å². The van der Waals surface area contributed by atoms with Crippen LogP contribution >= 0.6 is 0 Å². The number of likely N-dealkylation sites (tertiary alicyclic amines) is 1. The van der Waals surface area contributed by atoms with Crippen LogP contribution in [0.2, 0.25) is 0 Å². The minimum atomic E-state index is -5.08. The number of carboxylic acid groups (broad SMARTS) is 2. The van der Waals surface area contributed by atoms with Crippen LogP contribution in [-0.4, -0.2) is 113 Å². The number of carbonyl (C=O) groups is 4. The summed E-state index contributed by atoms with van der Waals surface area (Å²) in [4.78, 5) is 53.1. The first-order chi connectivity index (χ1) is 19.0. The Bertz CT molecular complexity index is 1040. The number of ether oxygens (including phenoxy) is 1. The molecular weight excluding hydrogens is 570 g/mol. The highest BCUT2D eigenvalue weighted by Gasteiger charge is 2.50. The van der Waals surface area contributed by atoms with Crippen molar-refractivity contribution in [1.82, 2.24) is 14.8 Å². The molecule has 3 fully saturated rings. The predicted octanol–water partition coefficient (Wildman–Crippen LogP) is 2.41. The molecule has 17 heteroatoms. The first-order valence-electron chi connectivity index (χ1n) is 12.3. The lowest BCUT2D eigenvalue weighted by molar-refractivity contribution is -0.193. The fraction of sp³-hybridized carbons (Fsp3) is 0.625. The lowest BCUT2D eigenvalue weighted by atomic mass is 9.91. The molecule has 0 aliphatic carbocycles. The van der Waals surface area contributed by atoms with Crippen LogP contribution in [0.5, 0.6) is 0 Å². The van der Waals surface area contributed by atoms with Gasteiger partial charge in [-0.15, -0.1) is 0 Å². The monoisotopic (exact) mass is 600 g/mol. The van der Waals surface area contributed by atoms with Crippen molar-refractivity contribution in [3.05, 3.63) is 24.5 Å². The summed E-state index contributed by atoms with van der Waals surface area (Å²) in [6.07, 6.45) is -3.61. The van der Waals surface area contributed by atoms with Gasteiger partial charge in [0.25, 0.3) is 0 Å². The van der Waals surface area contributed by atoms with Crippen molar-refractivity contribution in [3.63, 3.8) is 0 Å². The molecule has 2 N–H and O–H groups in total. The Hall–Kier alpha value is -3.47. The van der Waals surface area contributed by atoms with Gasteiger partial charge >= 0.3 is 24.3 Å². The van der Waals surface area contributed by atoms with E-state index in [2.05, 4.69) is 9.88 Å². The van der Waals surface area contributed by atoms with Crippen molar-refractivity contribution in [2.24, 2.45) is 5.92 Å². The zero-order valence-electron chi connectivity index (χ0n) is 22.0. The quantitative estimate of drug-likeness (QED) is 0.501. The molecule has 0 bridgehead atoms. The third-order valence-electron chi connectivity index (χ3n) is 6.71. The molecular formula is C24H30F6N4O7. The Balaban J connectivity index is 0.000000349. The highest BCUT2D eigenvalue weighted by atomic mass is 19.4. The molecule has 4 rings (SSSR count). The minimum Gasteiger partial charge on any atom is -0.475 e. The first kappa shape index (κ1) is 33.7. The lowest BCUT2D eigenvalue weighted by Gasteiger charge is -2.48. The third kappa shape index (κ3) is 9.84. The fourth-order valence-electron chi connectivity index (χ4n) is 4.79. The highest BCUT2D eigenvalue weighted by Crippen LogP contribution is 2.35. The van der Waals surface area contributed by atoms with Crippen molar-refractivity contribution in [2.45, 2.75) is 44.1 Å². The van der Waals surface area contributed by atoms with Crippen LogP contribution in [0.25, 0.3) is 0 Å². The number of hydrogen-bond acceptors (Lipinski definition) is 7. The topological polar surface area (TPSA) is 141 Å². The average molecular weight is 601 g/mol. The molecule has 1 atom stereocenters. The first-order valence-corrected chi connectivity index (χ1v) is 12.3. The number of piperazine rings is 1. The zero-order chi connectivity index (χ0) is 31.0. The average Bonchev–Trinajstić information content (AvgIpc) is 3.28. The van der Waals surface area contributed by atoms with Crippen molar-refractivity contribution in [1.29, 1.82) is 0 Å². The van der Waals surface area contributed by atoms with E-state index in [-0.39, 0.29) is 23.9 Å². The minimum absolute atomic E-state index is 0.0119. The lowest BCUT2D eigenvalue weighted by Crippen LogP contribution is -2.66. The Morgan fingerprint density at radius 3 is 2.07 bits per heavy atom. The number of amides is 2. The van der Waals surface area contributed by atoms with Crippen molar-refractivity contribution >= 4 is 29.4 Å². The van der Waals surface area contributed by atoms with Gasteiger partial charge in [-0.1, -0.05) is 0 Å². The van der Waals surface area contributed by atoms with Gasteiger partial charge in [0.2, 0.25) is 11.8 Å². The molecule has 3 aliphatic rings. The summed E-state index contributed by atoms with van der Waals surface area (Å²) in [5.74, 6) is -4.90. The number of rotatable bonds is 3. The van der Waals surface area contributed by atoms with E-state index in [4.69, 9.17) is 24.5 Å². The predicted molar refractivity (Wildman–Crippen MR) is 129 cm³/mol. The van der Waals surface area contributed by atoms with E-state index in [9.17, 15) is 35.9 Å². The summed E-state index contributed by atoms with van der Waals surface area (Å²) in [6.45, 7) is 6.83. The van der Waals surface area contributed by atoms with Crippen molar-refractivity contribution in [2.75, 3.05) is 50.8 Å². The summed E-state index contributed by atoms with van der Waals surface area (Å²) in [5.41, 5.74) is 0.508. The maximum Gasteiger partial charge on any atom is 0.490 e. The van der Waals surface area contributed by atoms with Crippen LogP contribution in [0.1, 0.15) is 26.2 Å². The van der Waals surface area contributed by atoms with Crippen molar-refractivity contribution in [3.8, 4) is 0 Å². The number of carboxylic acids is 2. The van der Waals surface area contributed by atoms with Crippen LogP contribution in [0.4, 0.5) is 32.0 Å². The summed E-state index contributed by atoms with van der Waals surface area (Å²) in [5, 5.41) is 14.2. The number of carbonyl (C=O) groups excluding carboxylic acids is 2. The second-order valence-corrected chi connectivity index (χ2v) is 9.67. The highest BCUT2D eigenvalue weighted by molar-refractivity contribution is 5.98. The Morgan fingerprint density at radius 1 is 1.05 bits per heavy atom. The summed E-state index contributed by atoms with van der Waals surface area (Å²) in [7, 11) is 0. The van der Waals surface area contributed by atoms with Crippen molar-refractivity contribution < 1.29 is 60.5 Å². The normalized spacial score (nSPS) is 22.0. The summed E-state index contributed by atoms with van der Waals surface area (Å²) in [6, 6.07) is 3.76. The largest absolute Gasteiger partial charge is 0.490 e. The molecule has 0 aromatic carbocycles. The molecule has 2 amide bonds. The van der Waals surface area contributed by atoms with Crippen LogP contribution in [0.3, 0.4) is 0 Å². The third-order valence-corrected chi connectivity index (χ3v) is 6.71. The second kappa shape index (κ2) is 13.9. The molecule has 1 aromatic rings. The molecule has 11 nitrogen and oxygen atoms in total. The molecule has 1 spiro atoms. The summed E-state index contributed by atoms with van der Waals surface area (Å²) >= 11 is 0. The molecule has 4 heterocycles. The van der Waals surface area contributed by atoms with E-state index >= 15 is 0 Å². The van der Waals surface area contributed by atoms with Gasteiger partial charge in [-0.25, -0.2) is 9.59 Å². The Morgan fingerprint density at radius 2 is 1.61 bits per heavy atom. The SMILES string of the molecule is CC(=O)N1CC(=O)N(c2cccnc2)CC12CCN(CC1CCOCC1)C2.O=C(O)C(F)(F)F.O=C(O)C(F)(F)F. The Kier molecular flexibility index (Phi) is 11.5. The molecule has 3 aliphatic heterocycles. The number of nitrogens with zero attached hydrogens (tertiary/aromatic N) is 4. The number of aromatic nitrogens is 1. The van der Waals surface area contributed by atoms with Gasteiger partial charge in [-0.05, 0) is 37.3 Å². The van der Waals surface area contributed by atoms with E-state index in [0.29, 0.717) is 12.5 Å². The molecule has 1 unspecified atom stereocenters. The maximum atomic E-state index is 12.7. The molecule has 0 saturated carbocycles. The maximum absolute atomic E-state index is 12.7. The fourth-order valence-corrected chi connectivity index (χ4v) is 4.79. The molecule has 41 heavy (non-hydrogen) atoms. The molecule has 1 aromatic heterocycles. The van der Waals surface area contributed by atoms with Gasteiger partial charge < -0.3 is 29.6 Å². The van der Waals surface area contributed by atoms with E-state index in [1.165, 1.54) is 0 Å². The van der Waals surface area contributed by atoms with Gasteiger partial charge in [0, 0.05) is 46.0 Å². The molecule has 3 saturated heterocycles. The molecule has 230 valence electrons. The van der Waals surface area contributed by atoms with Gasteiger partial charge in [0.05, 0.1) is 24.0 Å². The second-order valence-electron chi connectivity index (χ2n) is 9.67. The number of aliphatic carboxylic acids is 2. The Labute approximate surface area is 230 Å². The van der Waals surface area contributed by atoms with Gasteiger partial charge in [-0.2, -0.15) is 26.3 Å². The number of hydrogen-bond donors (Lipinski definition) is 2. The van der Waals surface area contributed by atoms with Gasteiger partial charge in [-0.3, -0.25) is 14.6 Å². The van der Waals surface area contributed by atoms with Crippen LogP contribution < -0.4 is 4.90 Å². The van der Waals surface area contributed by atoms with Gasteiger partial charge in [0.15, 0.2) is 0 Å². The van der Waals surface area contributed by atoms with E-state index < -0.39 is 24.3 Å². The number of pyridine rings is 1. The summed E-state index contributed by atoms with van der Waals surface area (Å²) < 4.78 is 68.9.